The molecule has 1 N–H and O–H groups in total. The molecule has 2 aromatic rings. The molecule has 0 heterocycles. The molecule has 2 aliphatic carbocycles. The third-order valence-corrected chi connectivity index (χ3v) is 6.33. The zero-order valence-corrected chi connectivity index (χ0v) is 17.7. The number of carbonyl (C=O) groups is 1. The van der Waals surface area contributed by atoms with Crippen LogP contribution < -0.4 is 4.74 Å². The lowest BCUT2D eigenvalue weighted by Gasteiger charge is -2.15. The van der Waals surface area contributed by atoms with Crippen LogP contribution in [0.5, 0.6) is 5.75 Å². The van der Waals surface area contributed by atoms with Crippen LogP contribution in [0.2, 0.25) is 0 Å². The van der Waals surface area contributed by atoms with E-state index in [1.807, 2.05) is 12.1 Å². The number of hydrogen-bond acceptors (Lipinski definition) is 2. The highest BCUT2D eigenvalue weighted by molar-refractivity contribution is 5.69. The summed E-state index contributed by atoms with van der Waals surface area (Å²) in [5.41, 5.74) is 6.95. The normalized spacial score (nSPS) is 16.9. The molecular formula is C27H32O3. The van der Waals surface area contributed by atoms with E-state index in [9.17, 15) is 4.79 Å². The van der Waals surface area contributed by atoms with Gasteiger partial charge in [0.05, 0.1) is 0 Å². The molecule has 2 aromatic carbocycles. The van der Waals surface area contributed by atoms with Gasteiger partial charge in [0.15, 0.2) is 0 Å². The smallest absolute Gasteiger partial charge is 0.303 e. The van der Waals surface area contributed by atoms with Crippen molar-refractivity contribution in [1.82, 2.24) is 0 Å². The fourth-order valence-corrected chi connectivity index (χ4v) is 4.39. The monoisotopic (exact) mass is 404 g/mol. The number of aryl methyl sites for hydroxylation is 1. The molecule has 0 saturated heterocycles. The van der Waals surface area contributed by atoms with Crippen LogP contribution in [0.1, 0.15) is 80.4 Å². The molecule has 0 unspecified atom stereocenters. The molecule has 4 rings (SSSR count). The number of benzene rings is 2. The van der Waals surface area contributed by atoms with Gasteiger partial charge in [-0.25, -0.2) is 0 Å². The van der Waals surface area contributed by atoms with Gasteiger partial charge in [-0.1, -0.05) is 42.8 Å². The molecule has 0 aliphatic heterocycles. The van der Waals surface area contributed by atoms with E-state index in [1.54, 1.807) is 0 Å². The minimum Gasteiger partial charge on any atom is -0.489 e. The van der Waals surface area contributed by atoms with Crippen molar-refractivity contribution in [3.63, 3.8) is 0 Å². The molecular weight excluding hydrogens is 372 g/mol. The van der Waals surface area contributed by atoms with E-state index in [0.717, 1.165) is 36.5 Å². The number of ether oxygens (including phenoxy) is 1. The minimum atomic E-state index is -0.732. The van der Waals surface area contributed by atoms with Gasteiger partial charge < -0.3 is 9.84 Å². The fraction of sp³-hybridized carbons (Fsp3) is 0.444. The van der Waals surface area contributed by atoms with Crippen molar-refractivity contribution in [2.45, 2.75) is 70.1 Å². The van der Waals surface area contributed by atoms with Gasteiger partial charge in [0.2, 0.25) is 0 Å². The van der Waals surface area contributed by atoms with Crippen LogP contribution in [0.3, 0.4) is 0 Å². The van der Waals surface area contributed by atoms with Crippen molar-refractivity contribution in [3.8, 4) is 5.75 Å². The second kappa shape index (κ2) is 9.97. The zero-order valence-electron chi connectivity index (χ0n) is 17.7. The second-order valence-electron chi connectivity index (χ2n) is 8.72. The molecule has 0 spiro atoms. The van der Waals surface area contributed by atoms with E-state index in [2.05, 4.69) is 36.4 Å². The number of hydrogen-bond donors (Lipinski definition) is 1. The van der Waals surface area contributed by atoms with E-state index in [0.29, 0.717) is 13.0 Å². The maximum absolute atomic E-state index is 10.7. The second-order valence-corrected chi connectivity index (χ2v) is 8.72. The Kier molecular flexibility index (Phi) is 6.88. The first kappa shape index (κ1) is 20.7. The molecule has 30 heavy (non-hydrogen) atoms. The fourth-order valence-electron chi connectivity index (χ4n) is 4.39. The van der Waals surface area contributed by atoms with Gasteiger partial charge >= 0.3 is 5.97 Å². The van der Waals surface area contributed by atoms with Crippen molar-refractivity contribution in [1.29, 1.82) is 0 Å². The highest BCUT2D eigenvalue weighted by Gasteiger charge is 2.23. The number of allylic oxidation sites excluding steroid dienone is 1. The molecule has 3 nitrogen and oxygen atoms in total. The van der Waals surface area contributed by atoms with E-state index in [4.69, 9.17) is 9.84 Å². The molecule has 1 fully saturated rings. The van der Waals surface area contributed by atoms with Gasteiger partial charge in [-0.2, -0.15) is 0 Å². The molecule has 0 aromatic heterocycles. The minimum absolute atomic E-state index is 0.219. The van der Waals surface area contributed by atoms with Gasteiger partial charge in [0.1, 0.15) is 12.4 Å². The van der Waals surface area contributed by atoms with Crippen LogP contribution in [-0.4, -0.2) is 17.7 Å². The van der Waals surface area contributed by atoms with E-state index < -0.39 is 5.97 Å². The first-order valence-electron chi connectivity index (χ1n) is 11.4. The largest absolute Gasteiger partial charge is 0.489 e. The standard InChI is InChI=1S/C27H32O3/c28-27(29)8-4-5-20-9-17-25(18-10-20)30-19-24-6-2-1-3-7-26(24)23-15-13-22(14-16-23)21-11-12-21/h9-10,13-18,21H,1-8,11-12,19H2,(H,28,29). The summed E-state index contributed by atoms with van der Waals surface area (Å²) in [6, 6.07) is 17.4. The molecule has 0 radical (unpaired) electrons. The van der Waals surface area contributed by atoms with Crippen molar-refractivity contribution < 1.29 is 14.6 Å². The van der Waals surface area contributed by atoms with Crippen molar-refractivity contribution >= 4 is 11.5 Å². The summed E-state index contributed by atoms with van der Waals surface area (Å²) in [5, 5.41) is 8.77. The summed E-state index contributed by atoms with van der Waals surface area (Å²) < 4.78 is 6.17. The van der Waals surface area contributed by atoms with Gasteiger partial charge in [-0.15, -0.1) is 0 Å². The Hall–Kier alpha value is -2.55. The van der Waals surface area contributed by atoms with Gasteiger partial charge in [-0.05, 0) is 97.3 Å². The molecule has 158 valence electrons. The summed E-state index contributed by atoms with van der Waals surface area (Å²) in [5.74, 6) is 0.957. The Balaban J connectivity index is 1.40. The van der Waals surface area contributed by atoms with Crippen LogP contribution in [0.4, 0.5) is 0 Å². The van der Waals surface area contributed by atoms with E-state index in [1.165, 1.54) is 54.4 Å². The van der Waals surface area contributed by atoms with Crippen LogP contribution in [0, 0.1) is 0 Å². The van der Waals surface area contributed by atoms with Crippen LogP contribution in [-0.2, 0) is 11.2 Å². The summed E-state index contributed by atoms with van der Waals surface area (Å²) in [7, 11) is 0. The lowest BCUT2D eigenvalue weighted by molar-refractivity contribution is -0.137. The highest BCUT2D eigenvalue weighted by Crippen LogP contribution is 2.41. The summed E-state index contributed by atoms with van der Waals surface area (Å²) in [6.07, 6.45) is 10.4. The Labute approximate surface area is 179 Å². The lowest BCUT2D eigenvalue weighted by atomic mass is 9.95. The van der Waals surface area contributed by atoms with Crippen LogP contribution in [0.25, 0.3) is 5.57 Å². The van der Waals surface area contributed by atoms with Gasteiger partial charge in [0.25, 0.3) is 0 Å². The Morgan fingerprint density at radius 3 is 2.37 bits per heavy atom. The van der Waals surface area contributed by atoms with Gasteiger partial charge in [0, 0.05) is 6.42 Å². The number of aliphatic carboxylic acids is 1. The molecule has 1 saturated carbocycles. The van der Waals surface area contributed by atoms with Crippen LogP contribution in [0.15, 0.2) is 54.1 Å². The Morgan fingerprint density at radius 1 is 0.933 bits per heavy atom. The average molecular weight is 405 g/mol. The van der Waals surface area contributed by atoms with E-state index >= 15 is 0 Å². The van der Waals surface area contributed by atoms with Crippen molar-refractivity contribution in [2.24, 2.45) is 0 Å². The van der Waals surface area contributed by atoms with Crippen molar-refractivity contribution in [3.05, 3.63) is 70.8 Å². The summed E-state index contributed by atoms with van der Waals surface area (Å²) in [4.78, 5) is 10.7. The SMILES string of the molecule is O=C(O)CCCc1ccc(OCC2=C(c3ccc(C4CC4)cc3)CCCCC2)cc1. The highest BCUT2D eigenvalue weighted by atomic mass is 16.5. The topological polar surface area (TPSA) is 46.5 Å². The Morgan fingerprint density at radius 2 is 1.67 bits per heavy atom. The zero-order chi connectivity index (χ0) is 20.8. The third-order valence-electron chi connectivity index (χ3n) is 6.33. The lowest BCUT2D eigenvalue weighted by Crippen LogP contribution is -2.04. The molecule has 0 amide bonds. The third kappa shape index (κ3) is 5.75. The molecule has 3 heteroatoms. The molecule has 0 atom stereocenters. The number of carboxylic acid groups (broad SMARTS) is 1. The predicted octanol–water partition coefficient (Wildman–Crippen LogP) is 6.77. The van der Waals surface area contributed by atoms with Crippen LogP contribution >= 0.6 is 0 Å². The maximum atomic E-state index is 10.7. The molecule has 0 bridgehead atoms. The first-order chi connectivity index (χ1) is 14.7. The first-order valence-corrected chi connectivity index (χ1v) is 11.4. The van der Waals surface area contributed by atoms with Gasteiger partial charge in [-0.3, -0.25) is 4.79 Å². The molecule has 2 aliphatic rings. The number of rotatable bonds is 9. The maximum Gasteiger partial charge on any atom is 0.303 e. The summed E-state index contributed by atoms with van der Waals surface area (Å²) >= 11 is 0. The number of carboxylic acids is 1. The average Bonchev–Trinajstić information content (AvgIpc) is 3.61. The summed E-state index contributed by atoms with van der Waals surface area (Å²) in [6.45, 7) is 0.651. The predicted molar refractivity (Wildman–Crippen MR) is 121 cm³/mol. The Bertz CT molecular complexity index is 873. The quantitative estimate of drug-likeness (QED) is 0.502. The van der Waals surface area contributed by atoms with E-state index in [-0.39, 0.29) is 6.42 Å². The van der Waals surface area contributed by atoms with Crippen molar-refractivity contribution in [2.75, 3.05) is 6.61 Å².